The van der Waals surface area contributed by atoms with Gasteiger partial charge in [-0.25, -0.2) is 4.39 Å². The van der Waals surface area contributed by atoms with Gasteiger partial charge in [-0.05, 0) is 61.0 Å². The van der Waals surface area contributed by atoms with Crippen LogP contribution >= 0.6 is 0 Å². The van der Waals surface area contributed by atoms with E-state index in [1.54, 1.807) is 37.4 Å². The second-order valence-corrected chi connectivity index (χ2v) is 5.90. The molecular formula is C21H17FN2O3. The Labute approximate surface area is 155 Å². The van der Waals surface area contributed by atoms with Gasteiger partial charge in [0.25, 0.3) is 5.91 Å². The van der Waals surface area contributed by atoms with Crippen molar-refractivity contribution in [3.63, 3.8) is 0 Å². The molecule has 0 aliphatic rings. The van der Waals surface area contributed by atoms with Crippen LogP contribution in [0.1, 0.15) is 31.8 Å². The Hall–Kier alpha value is -3.54. The molecule has 1 aromatic heterocycles. The molecule has 0 saturated heterocycles. The number of amides is 1. The first-order chi connectivity index (χ1) is 13.0. The number of anilines is 1. The number of nitrogens with one attached hydrogen (secondary N) is 1. The van der Waals surface area contributed by atoms with Gasteiger partial charge in [-0.15, -0.1) is 0 Å². The lowest BCUT2D eigenvalue weighted by Gasteiger charge is -2.12. The van der Waals surface area contributed by atoms with Crippen LogP contribution in [-0.2, 0) is 0 Å². The van der Waals surface area contributed by atoms with Crippen molar-refractivity contribution >= 4 is 17.4 Å². The maximum absolute atomic E-state index is 13.5. The zero-order valence-corrected chi connectivity index (χ0v) is 14.8. The monoisotopic (exact) mass is 364 g/mol. The van der Waals surface area contributed by atoms with Crippen LogP contribution in [0.25, 0.3) is 0 Å². The van der Waals surface area contributed by atoms with Crippen LogP contribution < -0.4 is 10.1 Å². The average Bonchev–Trinajstić information content (AvgIpc) is 2.70. The topological polar surface area (TPSA) is 68.3 Å². The molecule has 3 rings (SSSR count). The van der Waals surface area contributed by atoms with E-state index >= 15 is 0 Å². The summed E-state index contributed by atoms with van der Waals surface area (Å²) in [7, 11) is 1.47. The predicted octanol–water partition coefficient (Wildman–Crippen LogP) is 4.02. The summed E-state index contributed by atoms with van der Waals surface area (Å²) in [4.78, 5) is 29.0. The Morgan fingerprint density at radius 3 is 2.44 bits per heavy atom. The third-order valence-corrected chi connectivity index (χ3v) is 4.05. The van der Waals surface area contributed by atoms with Crippen LogP contribution in [0.3, 0.4) is 0 Å². The molecule has 1 heterocycles. The van der Waals surface area contributed by atoms with Crippen molar-refractivity contribution in [2.75, 3.05) is 12.4 Å². The van der Waals surface area contributed by atoms with E-state index in [1.165, 1.54) is 37.6 Å². The average molecular weight is 364 g/mol. The highest BCUT2D eigenvalue weighted by Crippen LogP contribution is 2.27. The number of hydrogen-bond donors (Lipinski definition) is 1. The number of ketones is 1. The van der Waals surface area contributed by atoms with Gasteiger partial charge in [-0.2, -0.15) is 0 Å². The van der Waals surface area contributed by atoms with Gasteiger partial charge in [0.05, 0.1) is 18.4 Å². The number of nitrogens with zero attached hydrogens (tertiary/aromatic N) is 1. The number of carbonyl (C=O) groups is 2. The van der Waals surface area contributed by atoms with E-state index < -0.39 is 0 Å². The van der Waals surface area contributed by atoms with Crippen molar-refractivity contribution in [3.05, 3.63) is 89.0 Å². The Morgan fingerprint density at radius 1 is 1.04 bits per heavy atom. The van der Waals surface area contributed by atoms with Crippen molar-refractivity contribution in [1.29, 1.82) is 0 Å². The van der Waals surface area contributed by atoms with Crippen molar-refractivity contribution in [2.24, 2.45) is 0 Å². The van der Waals surface area contributed by atoms with E-state index in [0.29, 0.717) is 33.7 Å². The second-order valence-electron chi connectivity index (χ2n) is 5.90. The summed E-state index contributed by atoms with van der Waals surface area (Å²) in [6.07, 6.45) is 3.01. The highest BCUT2D eigenvalue weighted by atomic mass is 19.1. The number of benzene rings is 2. The van der Waals surface area contributed by atoms with Gasteiger partial charge in [-0.3, -0.25) is 14.6 Å². The van der Waals surface area contributed by atoms with Gasteiger partial charge < -0.3 is 10.1 Å². The van der Waals surface area contributed by atoms with Crippen LogP contribution in [0.2, 0.25) is 0 Å². The molecule has 0 aliphatic carbocycles. The molecule has 27 heavy (non-hydrogen) atoms. The highest BCUT2D eigenvalue weighted by molar-refractivity contribution is 6.11. The minimum absolute atomic E-state index is 0.280. The SMILES string of the molecule is COc1ccc(C(=O)c2ccc(F)c(C)c2)cc1NC(=O)c1cccnc1. The van der Waals surface area contributed by atoms with Gasteiger partial charge >= 0.3 is 0 Å². The molecule has 1 amide bonds. The van der Waals surface area contributed by atoms with Gasteiger partial charge in [-0.1, -0.05) is 0 Å². The second kappa shape index (κ2) is 7.78. The first-order valence-corrected chi connectivity index (χ1v) is 8.20. The number of pyridine rings is 1. The summed E-state index contributed by atoms with van der Waals surface area (Å²) in [5, 5.41) is 2.73. The molecule has 0 bridgehead atoms. The fourth-order valence-corrected chi connectivity index (χ4v) is 2.59. The standard InChI is InChI=1S/C21H17FN2O3/c1-13-10-14(5-7-17(13)22)20(25)15-6-8-19(27-2)18(11-15)24-21(26)16-4-3-9-23-12-16/h3-12H,1-2H3,(H,24,26). The van der Waals surface area contributed by atoms with E-state index in [2.05, 4.69) is 10.3 Å². The van der Waals surface area contributed by atoms with E-state index in [4.69, 9.17) is 4.74 Å². The Kier molecular flexibility index (Phi) is 5.26. The molecule has 6 heteroatoms. The zero-order chi connectivity index (χ0) is 19.4. The molecule has 0 atom stereocenters. The van der Waals surface area contributed by atoms with Gasteiger partial charge in [0.2, 0.25) is 0 Å². The summed E-state index contributed by atoms with van der Waals surface area (Å²) in [5.74, 6) is -0.606. The highest BCUT2D eigenvalue weighted by Gasteiger charge is 2.15. The number of hydrogen-bond acceptors (Lipinski definition) is 4. The molecule has 0 aliphatic heterocycles. The van der Waals surface area contributed by atoms with Gasteiger partial charge in [0.15, 0.2) is 5.78 Å². The Balaban J connectivity index is 1.92. The normalized spacial score (nSPS) is 10.3. The summed E-state index contributed by atoms with van der Waals surface area (Å²) in [6.45, 7) is 1.60. The number of halogens is 1. The van der Waals surface area contributed by atoms with Gasteiger partial charge in [0.1, 0.15) is 11.6 Å². The Morgan fingerprint density at radius 2 is 1.78 bits per heavy atom. The number of carbonyl (C=O) groups excluding carboxylic acids is 2. The summed E-state index contributed by atoms with van der Waals surface area (Å²) < 4.78 is 18.7. The molecule has 136 valence electrons. The molecule has 1 N–H and O–H groups in total. The third kappa shape index (κ3) is 4.00. The fraction of sp³-hybridized carbons (Fsp3) is 0.0952. The largest absolute Gasteiger partial charge is 0.495 e. The summed E-state index contributed by atoms with van der Waals surface area (Å²) in [5.41, 5.74) is 1.84. The molecular weight excluding hydrogens is 347 g/mol. The van der Waals surface area contributed by atoms with Crippen LogP contribution in [0.15, 0.2) is 60.9 Å². The van der Waals surface area contributed by atoms with Crippen molar-refractivity contribution in [2.45, 2.75) is 6.92 Å². The smallest absolute Gasteiger partial charge is 0.257 e. The van der Waals surface area contributed by atoms with Gasteiger partial charge in [0, 0.05) is 23.5 Å². The van der Waals surface area contributed by atoms with Crippen LogP contribution in [0.4, 0.5) is 10.1 Å². The molecule has 0 saturated carbocycles. The lowest BCUT2D eigenvalue weighted by molar-refractivity contribution is 0.102. The first kappa shape index (κ1) is 18.3. The number of rotatable bonds is 5. The summed E-state index contributed by atoms with van der Waals surface area (Å²) in [6, 6.07) is 12.2. The van der Waals surface area contributed by atoms with Crippen molar-refractivity contribution < 1.29 is 18.7 Å². The molecule has 2 aromatic carbocycles. The molecule has 0 fully saturated rings. The predicted molar refractivity (Wildman–Crippen MR) is 99.8 cm³/mol. The summed E-state index contributed by atoms with van der Waals surface area (Å²) >= 11 is 0. The fourth-order valence-electron chi connectivity index (χ4n) is 2.59. The molecule has 5 nitrogen and oxygen atoms in total. The maximum Gasteiger partial charge on any atom is 0.257 e. The van der Waals surface area contributed by atoms with Crippen molar-refractivity contribution in [3.8, 4) is 5.75 Å². The number of methoxy groups -OCH3 is 1. The maximum atomic E-state index is 13.5. The number of ether oxygens (including phenoxy) is 1. The zero-order valence-electron chi connectivity index (χ0n) is 14.8. The van der Waals surface area contributed by atoms with Crippen LogP contribution in [0.5, 0.6) is 5.75 Å². The minimum atomic E-state index is -0.372. The van der Waals surface area contributed by atoms with E-state index in [0.717, 1.165) is 0 Å². The van der Waals surface area contributed by atoms with Crippen LogP contribution in [0, 0.1) is 12.7 Å². The first-order valence-electron chi connectivity index (χ1n) is 8.20. The quantitative estimate of drug-likeness (QED) is 0.694. The van der Waals surface area contributed by atoms with E-state index in [9.17, 15) is 14.0 Å². The molecule has 0 spiro atoms. The number of aryl methyl sites for hydroxylation is 1. The number of aromatic nitrogens is 1. The molecule has 0 unspecified atom stereocenters. The third-order valence-electron chi connectivity index (χ3n) is 4.05. The molecule has 3 aromatic rings. The Bertz CT molecular complexity index is 1000. The van der Waals surface area contributed by atoms with Crippen LogP contribution in [-0.4, -0.2) is 23.8 Å². The lowest BCUT2D eigenvalue weighted by atomic mass is 10.0. The van der Waals surface area contributed by atoms with Crippen molar-refractivity contribution in [1.82, 2.24) is 4.98 Å². The van der Waals surface area contributed by atoms with E-state index in [1.807, 2.05) is 0 Å². The lowest BCUT2D eigenvalue weighted by Crippen LogP contribution is -2.13. The molecule has 0 radical (unpaired) electrons. The van der Waals surface area contributed by atoms with E-state index in [-0.39, 0.29) is 17.5 Å². The minimum Gasteiger partial charge on any atom is -0.495 e.